The van der Waals surface area contributed by atoms with E-state index in [0.29, 0.717) is 28.9 Å². The average molecular weight is 322 g/mol. The largest absolute Gasteiger partial charge is 0.442 e. The second-order valence-electron chi connectivity index (χ2n) is 4.92. The summed E-state index contributed by atoms with van der Waals surface area (Å²) in [7, 11) is 0. The Bertz CT molecular complexity index is 952. The Morgan fingerprint density at radius 1 is 0.958 bits per heavy atom. The summed E-state index contributed by atoms with van der Waals surface area (Å²) in [6.07, 6.45) is 6.15. The van der Waals surface area contributed by atoms with Gasteiger partial charge in [0, 0.05) is 18.0 Å². The van der Waals surface area contributed by atoms with Gasteiger partial charge in [-0.3, -0.25) is 0 Å². The Labute approximate surface area is 135 Å². The zero-order chi connectivity index (χ0) is 16.4. The molecule has 3 aromatic heterocycles. The van der Waals surface area contributed by atoms with Crippen molar-refractivity contribution in [2.75, 3.05) is 0 Å². The molecule has 118 valence electrons. The number of oxazole rings is 1. The molecule has 0 spiro atoms. The Morgan fingerprint density at radius 2 is 1.79 bits per heavy atom. The molecule has 24 heavy (non-hydrogen) atoms. The van der Waals surface area contributed by atoms with Gasteiger partial charge in [0.25, 0.3) is 5.89 Å². The normalized spacial score (nSPS) is 10.9. The lowest BCUT2D eigenvalue weighted by molar-refractivity contribution is 0.550. The predicted molar refractivity (Wildman–Crippen MR) is 82.0 cm³/mol. The second-order valence-corrected chi connectivity index (χ2v) is 4.92. The van der Waals surface area contributed by atoms with Crippen LogP contribution in [-0.2, 0) is 6.54 Å². The zero-order valence-corrected chi connectivity index (χ0v) is 12.4. The molecule has 0 radical (unpaired) electrons. The number of aromatic nitrogens is 6. The SMILES string of the molecule is Fc1ccccc1Cn1nc(-c2ncccn2)nc1-c1ncco1. The first-order chi connectivity index (χ1) is 11.8. The van der Waals surface area contributed by atoms with Crippen molar-refractivity contribution in [2.45, 2.75) is 6.54 Å². The van der Waals surface area contributed by atoms with Crippen LogP contribution >= 0.6 is 0 Å². The Hall–Kier alpha value is -3.42. The van der Waals surface area contributed by atoms with Crippen molar-refractivity contribution >= 4 is 0 Å². The van der Waals surface area contributed by atoms with Gasteiger partial charge in [-0.25, -0.2) is 24.0 Å². The van der Waals surface area contributed by atoms with E-state index in [1.807, 2.05) is 0 Å². The van der Waals surface area contributed by atoms with Crippen LogP contribution in [0.4, 0.5) is 4.39 Å². The summed E-state index contributed by atoms with van der Waals surface area (Å²) in [6.45, 7) is 0.185. The van der Waals surface area contributed by atoms with Gasteiger partial charge >= 0.3 is 0 Å². The molecule has 0 atom stereocenters. The molecule has 4 aromatic rings. The molecule has 1 aromatic carbocycles. The molecular weight excluding hydrogens is 311 g/mol. The lowest BCUT2D eigenvalue weighted by Crippen LogP contribution is -2.06. The molecule has 8 heteroatoms. The van der Waals surface area contributed by atoms with Crippen LogP contribution in [0, 0.1) is 5.82 Å². The van der Waals surface area contributed by atoms with E-state index in [1.54, 1.807) is 36.7 Å². The van der Waals surface area contributed by atoms with Gasteiger partial charge in [0.2, 0.25) is 11.6 Å². The second kappa shape index (κ2) is 5.99. The summed E-state index contributed by atoms with van der Waals surface area (Å²) in [5.41, 5.74) is 0.482. The first-order valence-electron chi connectivity index (χ1n) is 7.17. The van der Waals surface area contributed by atoms with Crippen molar-refractivity contribution in [2.24, 2.45) is 0 Å². The minimum atomic E-state index is -0.316. The minimum absolute atomic E-state index is 0.185. The van der Waals surface area contributed by atoms with Crippen LogP contribution in [0.1, 0.15) is 5.56 Å². The Kier molecular flexibility index (Phi) is 3.54. The van der Waals surface area contributed by atoms with E-state index in [-0.39, 0.29) is 12.4 Å². The van der Waals surface area contributed by atoms with Crippen molar-refractivity contribution in [3.63, 3.8) is 0 Å². The summed E-state index contributed by atoms with van der Waals surface area (Å²) < 4.78 is 20.8. The third-order valence-electron chi connectivity index (χ3n) is 3.34. The van der Waals surface area contributed by atoms with Gasteiger partial charge < -0.3 is 4.42 Å². The highest BCUT2D eigenvalue weighted by atomic mass is 19.1. The highest BCUT2D eigenvalue weighted by molar-refractivity contribution is 5.49. The quantitative estimate of drug-likeness (QED) is 0.574. The average Bonchev–Trinajstić information content (AvgIpc) is 3.27. The van der Waals surface area contributed by atoms with Crippen LogP contribution in [0.2, 0.25) is 0 Å². The molecule has 0 bridgehead atoms. The standard InChI is InChI=1S/C16H11FN6O/c17-12-5-2-1-4-11(12)10-23-15(16-20-8-9-24-16)21-14(22-23)13-18-6-3-7-19-13/h1-9H,10H2. The monoisotopic (exact) mass is 322 g/mol. The third-order valence-corrected chi connectivity index (χ3v) is 3.34. The number of benzene rings is 1. The molecule has 0 fully saturated rings. The van der Waals surface area contributed by atoms with Gasteiger partial charge in [0.15, 0.2) is 5.82 Å². The fourth-order valence-electron chi connectivity index (χ4n) is 2.24. The number of nitrogens with zero attached hydrogens (tertiary/aromatic N) is 6. The van der Waals surface area contributed by atoms with E-state index in [0.717, 1.165) is 0 Å². The van der Waals surface area contributed by atoms with Gasteiger partial charge in [-0.15, -0.1) is 5.10 Å². The van der Waals surface area contributed by atoms with Gasteiger partial charge in [-0.2, -0.15) is 4.98 Å². The molecule has 0 aliphatic carbocycles. The minimum Gasteiger partial charge on any atom is -0.442 e. The van der Waals surface area contributed by atoms with Crippen LogP contribution in [0.25, 0.3) is 23.4 Å². The van der Waals surface area contributed by atoms with E-state index >= 15 is 0 Å². The molecule has 0 unspecified atom stereocenters. The van der Waals surface area contributed by atoms with Crippen LogP contribution in [0.15, 0.2) is 59.6 Å². The molecule has 7 nitrogen and oxygen atoms in total. The van der Waals surface area contributed by atoms with Gasteiger partial charge in [-0.05, 0) is 12.1 Å². The van der Waals surface area contributed by atoms with E-state index in [4.69, 9.17) is 4.42 Å². The lowest BCUT2D eigenvalue weighted by atomic mass is 10.2. The van der Waals surface area contributed by atoms with Gasteiger partial charge in [0.1, 0.15) is 12.1 Å². The number of hydrogen-bond acceptors (Lipinski definition) is 6. The van der Waals surface area contributed by atoms with Crippen LogP contribution in [0.5, 0.6) is 0 Å². The van der Waals surface area contributed by atoms with E-state index in [1.165, 1.54) is 23.2 Å². The maximum absolute atomic E-state index is 14.0. The van der Waals surface area contributed by atoms with Crippen molar-refractivity contribution < 1.29 is 8.81 Å². The first kappa shape index (κ1) is 14.2. The fourth-order valence-corrected chi connectivity index (χ4v) is 2.24. The van der Waals surface area contributed by atoms with Gasteiger partial charge in [-0.1, -0.05) is 18.2 Å². The molecule has 3 heterocycles. The van der Waals surface area contributed by atoms with Crippen molar-refractivity contribution in [1.82, 2.24) is 29.7 Å². The molecule has 0 amide bonds. The van der Waals surface area contributed by atoms with E-state index in [9.17, 15) is 4.39 Å². The topological polar surface area (TPSA) is 82.5 Å². The summed E-state index contributed by atoms with van der Waals surface area (Å²) in [6, 6.07) is 8.20. The summed E-state index contributed by atoms with van der Waals surface area (Å²) in [4.78, 5) is 16.8. The summed E-state index contributed by atoms with van der Waals surface area (Å²) >= 11 is 0. The van der Waals surface area contributed by atoms with Crippen molar-refractivity contribution in [3.05, 3.63) is 66.6 Å². The number of hydrogen-bond donors (Lipinski definition) is 0. The summed E-state index contributed by atoms with van der Waals surface area (Å²) in [5, 5.41) is 4.39. The molecule has 0 aliphatic heterocycles. The molecule has 0 N–H and O–H groups in total. The van der Waals surface area contributed by atoms with E-state index < -0.39 is 0 Å². The fraction of sp³-hybridized carbons (Fsp3) is 0.0625. The smallest absolute Gasteiger partial charge is 0.264 e. The van der Waals surface area contributed by atoms with Crippen LogP contribution in [0.3, 0.4) is 0 Å². The highest BCUT2D eigenvalue weighted by Crippen LogP contribution is 2.20. The van der Waals surface area contributed by atoms with Crippen LogP contribution in [-0.4, -0.2) is 29.7 Å². The maximum Gasteiger partial charge on any atom is 0.264 e. The predicted octanol–water partition coefficient (Wildman–Crippen LogP) is 2.58. The van der Waals surface area contributed by atoms with E-state index in [2.05, 4.69) is 25.0 Å². The van der Waals surface area contributed by atoms with Crippen LogP contribution < -0.4 is 0 Å². The maximum atomic E-state index is 14.0. The van der Waals surface area contributed by atoms with Crippen molar-refractivity contribution in [1.29, 1.82) is 0 Å². The number of rotatable bonds is 4. The first-order valence-corrected chi connectivity index (χ1v) is 7.17. The molecule has 4 rings (SSSR count). The molecule has 0 aliphatic rings. The molecule has 0 saturated carbocycles. The van der Waals surface area contributed by atoms with Gasteiger partial charge in [0.05, 0.1) is 12.7 Å². The Morgan fingerprint density at radius 3 is 2.54 bits per heavy atom. The highest BCUT2D eigenvalue weighted by Gasteiger charge is 2.19. The number of halogens is 1. The van der Waals surface area contributed by atoms with Crippen molar-refractivity contribution in [3.8, 4) is 23.4 Å². The zero-order valence-electron chi connectivity index (χ0n) is 12.4. The Balaban J connectivity index is 1.80. The third kappa shape index (κ3) is 2.65. The molecular formula is C16H11FN6O. The summed E-state index contributed by atoms with van der Waals surface area (Å²) in [5.74, 6) is 1.05. The molecule has 0 saturated heterocycles. The lowest BCUT2D eigenvalue weighted by Gasteiger charge is -2.04.